The number of carboxylic acids is 2. The number of aromatic hydroxyl groups is 2. The summed E-state index contributed by atoms with van der Waals surface area (Å²) in [5, 5.41) is 42.8. The number of carbonyl (C=O) groups is 3. The third-order valence-electron chi connectivity index (χ3n) is 8.72. The van der Waals surface area contributed by atoms with Gasteiger partial charge in [-0.25, -0.2) is 14.4 Å². The molecule has 0 fully saturated rings. The number of carboxylic acid groups (broad SMARTS) is 2. The number of unbranched alkanes of at least 4 members (excludes halogenated alkanes) is 2. The maximum absolute atomic E-state index is 11.9. The number of hydrogen-bond acceptors (Lipinski definition) is 8. The fourth-order valence-corrected chi connectivity index (χ4v) is 5.94. The number of hydrogen-bond donors (Lipinski definition) is 5. The van der Waals surface area contributed by atoms with E-state index in [4.69, 9.17) is 10.5 Å². The van der Waals surface area contributed by atoms with Gasteiger partial charge in [-0.15, -0.1) is 0 Å². The Bertz CT molecular complexity index is 1860. The van der Waals surface area contributed by atoms with Crippen molar-refractivity contribution in [1.82, 2.24) is 4.90 Å². The van der Waals surface area contributed by atoms with Crippen LogP contribution in [0.2, 0.25) is 0 Å². The quantitative estimate of drug-likeness (QED) is 0.0410. The Labute approximate surface area is 297 Å². The van der Waals surface area contributed by atoms with Crippen LogP contribution in [0.1, 0.15) is 88.2 Å². The van der Waals surface area contributed by atoms with E-state index in [9.17, 15) is 34.8 Å². The minimum atomic E-state index is -1.28. The molecule has 0 aliphatic carbocycles. The van der Waals surface area contributed by atoms with Crippen LogP contribution in [0.25, 0.3) is 21.5 Å². The van der Waals surface area contributed by atoms with Crippen molar-refractivity contribution in [3.8, 4) is 11.5 Å². The van der Waals surface area contributed by atoms with E-state index in [1.54, 1.807) is 72.8 Å². The van der Waals surface area contributed by atoms with E-state index in [0.717, 1.165) is 26.1 Å². The summed E-state index contributed by atoms with van der Waals surface area (Å²) < 4.78 is 5.32. The lowest BCUT2D eigenvalue weighted by Gasteiger charge is -2.21. The number of carbonyl (C=O) groups excluding carboxylic acids is 1. The first-order valence-electron chi connectivity index (χ1n) is 17.2. The zero-order chi connectivity index (χ0) is 36.9. The summed E-state index contributed by atoms with van der Waals surface area (Å²) in [5.41, 5.74) is 6.93. The molecule has 268 valence electrons. The highest BCUT2D eigenvalue weighted by molar-refractivity contribution is 6.02. The Hall–Kier alpha value is -5.61. The van der Waals surface area contributed by atoms with E-state index >= 15 is 0 Å². The molecular weight excluding hydrogens is 648 g/mol. The SMILES string of the molecule is CCCCN(CCCC)CCCOC(=O)c1ccc(N)cc1.O=C(O)c1cc2ccccc2c(Cc2c(O)c(C(=O)O)cc3ccccc23)c1O. The lowest BCUT2D eigenvalue weighted by atomic mass is 9.90. The number of esters is 1. The van der Waals surface area contributed by atoms with Crippen LogP contribution in [0.15, 0.2) is 84.9 Å². The second-order valence-corrected chi connectivity index (χ2v) is 12.4. The van der Waals surface area contributed by atoms with Crippen molar-refractivity contribution >= 4 is 45.1 Å². The smallest absolute Gasteiger partial charge is 0.339 e. The first-order valence-corrected chi connectivity index (χ1v) is 17.2. The van der Waals surface area contributed by atoms with Gasteiger partial charge < -0.3 is 35.8 Å². The van der Waals surface area contributed by atoms with Crippen LogP contribution in [-0.4, -0.2) is 69.5 Å². The number of ether oxygens (including phenoxy) is 1. The number of nitrogens with two attached hydrogens (primary N) is 1. The van der Waals surface area contributed by atoms with E-state index < -0.39 is 23.4 Å². The Morgan fingerprint density at radius 1 is 0.667 bits per heavy atom. The topological polar surface area (TPSA) is 171 Å². The van der Waals surface area contributed by atoms with Gasteiger partial charge in [-0.2, -0.15) is 0 Å². The minimum absolute atomic E-state index is 0.0407. The highest BCUT2D eigenvalue weighted by Gasteiger charge is 2.22. The third kappa shape index (κ3) is 9.98. The first kappa shape index (κ1) is 38.2. The fraction of sp³-hybridized carbons (Fsp3) is 0.293. The van der Waals surface area contributed by atoms with Gasteiger partial charge in [0.1, 0.15) is 22.6 Å². The van der Waals surface area contributed by atoms with E-state index in [1.165, 1.54) is 37.8 Å². The normalized spacial score (nSPS) is 11.0. The van der Waals surface area contributed by atoms with E-state index in [0.29, 0.717) is 50.5 Å². The monoisotopic (exact) mass is 694 g/mol. The Kier molecular flexibility index (Phi) is 13.8. The fourth-order valence-electron chi connectivity index (χ4n) is 5.94. The number of anilines is 1. The van der Waals surface area contributed by atoms with Crippen molar-refractivity contribution in [1.29, 1.82) is 0 Å². The van der Waals surface area contributed by atoms with E-state index in [1.807, 2.05) is 0 Å². The summed E-state index contributed by atoms with van der Waals surface area (Å²) in [6.07, 6.45) is 5.74. The summed E-state index contributed by atoms with van der Waals surface area (Å²) in [4.78, 5) is 37.6. The van der Waals surface area contributed by atoms with Crippen LogP contribution in [0.3, 0.4) is 0 Å². The van der Waals surface area contributed by atoms with Gasteiger partial charge in [-0.1, -0.05) is 75.2 Å². The Balaban J connectivity index is 0.000000239. The van der Waals surface area contributed by atoms with Crippen LogP contribution in [0.5, 0.6) is 11.5 Å². The first-order chi connectivity index (χ1) is 24.5. The van der Waals surface area contributed by atoms with Gasteiger partial charge in [-0.05, 0) is 90.3 Å². The molecule has 10 heteroatoms. The second-order valence-electron chi connectivity index (χ2n) is 12.4. The molecule has 0 unspecified atom stereocenters. The van der Waals surface area contributed by atoms with Crippen molar-refractivity contribution in [2.45, 2.75) is 52.4 Å². The number of benzene rings is 5. The molecule has 0 heterocycles. The molecular formula is C41H46N2O8. The highest BCUT2D eigenvalue weighted by Crippen LogP contribution is 2.38. The van der Waals surface area contributed by atoms with Gasteiger partial charge in [-0.3, -0.25) is 0 Å². The molecule has 51 heavy (non-hydrogen) atoms. The van der Waals surface area contributed by atoms with Crippen molar-refractivity contribution in [3.63, 3.8) is 0 Å². The molecule has 0 spiro atoms. The number of nitrogens with zero attached hydrogens (tertiary/aromatic N) is 1. The van der Waals surface area contributed by atoms with Gasteiger partial charge in [0.2, 0.25) is 0 Å². The van der Waals surface area contributed by atoms with E-state index in [-0.39, 0.29) is 23.5 Å². The molecule has 0 saturated heterocycles. The summed E-state index contributed by atoms with van der Waals surface area (Å²) in [7, 11) is 0. The van der Waals surface area contributed by atoms with Crippen LogP contribution in [0, 0.1) is 0 Å². The summed E-state index contributed by atoms with van der Waals surface area (Å²) in [6.45, 7) is 8.18. The van der Waals surface area contributed by atoms with Gasteiger partial charge >= 0.3 is 17.9 Å². The molecule has 0 aliphatic rings. The molecule has 0 aliphatic heterocycles. The van der Waals surface area contributed by atoms with Gasteiger partial charge in [0.25, 0.3) is 0 Å². The van der Waals surface area contributed by atoms with Crippen molar-refractivity contribution < 1.29 is 39.5 Å². The maximum Gasteiger partial charge on any atom is 0.339 e. The predicted molar refractivity (Wildman–Crippen MR) is 200 cm³/mol. The highest BCUT2D eigenvalue weighted by atomic mass is 16.5. The van der Waals surface area contributed by atoms with Crippen molar-refractivity contribution in [2.24, 2.45) is 0 Å². The molecule has 5 aromatic rings. The van der Waals surface area contributed by atoms with Crippen LogP contribution in [0.4, 0.5) is 5.69 Å². The number of nitrogen functional groups attached to an aromatic ring is 1. The molecule has 10 nitrogen and oxygen atoms in total. The molecule has 0 atom stereocenters. The lowest BCUT2D eigenvalue weighted by Crippen LogP contribution is -2.28. The molecule has 0 bridgehead atoms. The number of phenols is 2. The van der Waals surface area contributed by atoms with Crippen LogP contribution in [-0.2, 0) is 11.2 Å². The average Bonchev–Trinajstić information content (AvgIpc) is 3.12. The van der Waals surface area contributed by atoms with Crippen molar-refractivity contribution in [2.75, 3.05) is 32.0 Å². The van der Waals surface area contributed by atoms with Crippen LogP contribution < -0.4 is 5.73 Å². The largest absolute Gasteiger partial charge is 0.507 e. The average molecular weight is 695 g/mol. The molecule has 5 rings (SSSR count). The molecule has 5 aromatic carbocycles. The minimum Gasteiger partial charge on any atom is -0.507 e. The zero-order valence-corrected chi connectivity index (χ0v) is 29.1. The Morgan fingerprint density at radius 3 is 1.57 bits per heavy atom. The Morgan fingerprint density at radius 2 is 1.12 bits per heavy atom. The molecule has 0 radical (unpaired) electrons. The second kappa shape index (κ2) is 18.4. The molecule has 0 aromatic heterocycles. The number of aromatic carboxylic acids is 2. The lowest BCUT2D eigenvalue weighted by molar-refractivity contribution is 0.0486. The number of fused-ring (bicyclic) bond motifs is 2. The van der Waals surface area contributed by atoms with Crippen molar-refractivity contribution in [3.05, 3.63) is 113 Å². The van der Waals surface area contributed by atoms with E-state index in [2.05, 4.69) is 18.7 Å². The molecule has 0 saturated carbocycles. The van der Waals surface area contributed by atoms with Gasteiger partial charge in [0.15, 0.2) is 0 Å². The third-order valence-corrected chi connectivity index (χ3v) is 8.72. The van der Waals surface area contributed by atoms with Gasteiger partial charge in [0, 0.05) is 29.8 Å². The zero-order valence-electron chi connectivity index (χ0n) is 29.1. The standard InChI is InChI=1S/C23H16O6.C18H30N2O2/c24-20-16(14-7-3-1-5-12(14)9-18(20)22(26)27)11-17-15-8-4-2-6-13(15)10-19(21(17)25)23(28)29;1-3-5-12-20(13-6-4-2)14-7-15-22-18(21)16-8-10-17(19)11-9-16/h1-10,24-25H,11H2,(H,26,27)(H,28,29);8-11H,3-7,12-15,19H2,1-2H3. The van der Waals surface area contributed by atoms with Gasteiger partial charge in [0.05, 0.1) is 12.2 Å². The summed E-state index contributed by atoms with van der Waals surface area (Å²) in [6, 6.07) is 23.6. The maximum atomic E-state index is 11.9. The number of rotatable bonds is 15. The molecule has 0 amide bonds. The summed E-state index contributed by atoms with van der Waals surface area (Å²) >= 11 is 0. The summed E-state index contributed by atoms with van der Waals surface area (Å²) in [5.74, 6) is -3.62. The predicted octanol–water partition coefficient (Wildman–Crippen LogP) is 8.11. The molecule has 6 N–H and O–H groups in total. The van der Waals surface area contributed by atoms with Crippen LogP contribution >= 0.6 is 0 Å².